The zero-order valence-electron chi connectivity index (χ0n) is 21.3. The van der Waals surface area contributed by atoms with Crippen LogP contribution in [0.1, 0.15) is 25.8 Å². The number of hydrogen-bond donors (Lipinski definition) is 4. The van der Waals surface area contributed by atoms with Crippen molar-refractivity contribution < 1.29 is 47.9 Å². The molecule has 0 unspecified atom stereocenters. The van der Waals surface area contributed by atoms with Gasteiger partial charge in [0.2, 0.25) is 5.91 Å². The molecule has 216 valence electrons. The molecule has 0 saturated carbocycles. The summed E-state index contributed by atoms with van der Waals surface area (Å²) in [5.41, 5.74) is -2.88. The third-order valence-electron chi connectivity index (χ3n) is 7.14. The maximum atomic E-state index is 13.8. The van der Waals surface area contributed by atoms with Crippen LogP contribution >= 0.6 is 11.8 Å². The second kappa shape index (κ2) is 12.1. The number of carbonyl (C=O) groups is 1. The fourth-order valence-corrected chi connectivity index (χ4v) is 6.23. The molecule has 3 heterocycles. The molecule has 6 atom stereocenters. The lowest BCUT2D eigenvalue weighted by molar-refractivity contribution is -0.179. The number of aliphatic hydroxyl groups excluding tert-OH is 3. The number of aliphatic hydroxyl groups is 4. The van der Waals surface area contributed by atoms with Crippen molar-refractivity contribution in [1.82, 2.24) is 19.9 Å². The molecule has 1 aromatic heterocycles. The highest BCUT2D eigenvalue weighted by atomic mass is 32.2. The van der Waals surface area contributed by atoms with Gasteiger partial charge in [0.15, 0.2) is 17.5 Å². The van der Waals surface area contributed by atoms with Gasteiger partial charge < -0.3 is 34.8 Å². The van der Waals surface area contributed by atoms with Crippen LogP contribution in [0.5, 0.6) is 0 Å². The highest BCUT2D eigenvalue weighted by molar-refractivity contribution is 8.01. The highest BCUT2D eigenvalue weighted by Crippen LogP contribution is 2.42. The predicted octanol–water partition coefficient (Wildman–Crippen LogP) is 0.464. The lowest BCUT2D eigenvalue weighted by Crippen LogP contribution is -2.58. The molecule has 2 aliphatic heterocycles. The van der Waals surface area contributed by atoms with E-state index in [1.807, 2.05) is 0 Å². The van der Waals surface area contributed by atoms with Crippen molar-refractivity contribution in [3.8, 4) is 11.3 Å². The van der Waals surface area contributed by atoms with Crippen molar-refractivity contribution in [2.75, 3.05) is 33.4 Å². The maximum Gasteiger partial charge on any atom is 0.238 e. The SMILES string of the molecule is CCN(C)C(=O)[C@H](S[C@@H]1O[C@H](CO)[C@H](O)[C@H](n2cc(-c3cc(F)c(F)c(F)c3)nn2)[C@H]1O)C1(O)CCOCC1. The van der Waals surface area contributed by atoms with Crippen molar-refractivity contribution in [2.24, 2.45) is 0 Å². The van der Waals surface area contributed by atoms with Gasteiger partial charge in [0.1, 0.15) is 40.7 Å². The summed E-state index contributed by atoms with van der Waals surface area (Å²) in [6, 6.07) is 0.190. The molecule has 2 aromatic rings. The Kier molecular flexibility index (Phi) is 9.20. The molecule has 1 amide bonds. The lowest BCUT2D eigenvalue weighted by atomic mass is 9.89. The van der Waals surface area contributed by atoms with Crippen LogP contribution in [0.25, 0.3) is 11.3 Å². The van der Waals surface area contributed by atoms with Crippen LogP contribution in [0.2, 0.25) is 0 Å². The molecule has 2 saturated heterocycles. The quantitative estimate of drug-likeness (QED) is 0.327. The predicted molar refractivity (Wildman–Crippen MR) is 132 cm³/mol. The van der Waals surface area contributed by atoms with E-state index in [2.05, 4.69) is 10.3 Å². The molecular formula is C24H31F3N4O7S. The fraction of sp³-hybridized carbons (Fsp3) is 0.625. The number of carbonyl (C=O) groups excluding carboxylic acids is 1. The molecule has 0 aliphatic carbocycles. The third-order valence-corrected chi connectivity index (χ3v) is 8.71. The van der Waals surface area contributed by atoms with Gasteiger partial charge in [0.25, 0.3) is 0 Å². The third kappa shape index (κ3) is 5.94. The number of thioether (sulfide) groups is 1. The first-order valence-electron chi connectivity index (χ1n) is 12.4. The normalized spacial score (nSPS) is 27.8. The van der Waals surface area contributed by atoms with Crippen LogP contribution < -0.4 is 0 Å². The number of amides is 1. The van der Waals surface area contributed by atoms with Crippen LogP contribution in [0, 0.1) is 17.5 Å². The Hall–Kier alpha value is -2.27. The van der Waals surface area contributed by atoms with Crippen molar-refractivity contribution in [2.45, 2.75) is 60.4 Å². The number of rotatable bonds is 8. The van der Waals surface area contributed by atoms with Crippen LogP contribution in [0.4, 0.5) is 13.2 Å². The first-order chi connectivity index (χ1) is 18.5. The molecule has 39 heavy (non-hydrogen) atoms. The number of halogens is 3. The van der Waals surface area contributed by atoms with E-state index < -0.39 is 70.6 Å². The average Bonchev–Trinajstić information content (AvgIpc) is 3.40. The summed E-state index contributed by atoms with van der Waals surface area (Å²) in [5.74, 6) is -4.90. The van der Waals surface area contributed by atoms with Crippen LogP contribution in [0.3, 0.4) is 0 Å². The molecule has 2 fully saturated rings. The zero-order chi connectivity index (χ0) is 28.5. The molecule has 0 radical (unpaired) electrons. The van der Waals surface area contributed by atoms with E-state index in [4.69, 9.17) is 9.47 Å². The molecule has 15 heteroatoms. The monoisotopic (exact) mass is 576 g/mol. The summed E-state index contributed by atoms with van der Waals surface area (Å²) in [7, 11) is 1.58. The highest BCUT2D eigenvalue weighted by Gasteiger charge is 2.51. The van der Waals surface area contributed by atoms with E-state index in [0.29, 0.717) is 6.54 Å². The summed E-state index contributed by atoms with van der Waals surface area (Å²) in [6.07, 6.45) is -2.71. The molecule has 1 aromatic carbocycles. The number of benzene rings is 1. The van der Waals surface area contributed by atoms with Gasteiger partial charge in [-0.3, -0.25) is 4.79 Å². The minimum atomic E-state index is -1.64. The van der Waals surface area contributed by atoms with Gasteiger partial charge in [-0.2, -0.15) is 0 Å². The van der Waals surface area contributed by atoms with E-state index in [0.717, 1.165) is 28.6 Å². The fourth-order valence-electron chi connectivity index (χ4n) is 4.64. The van der Waals surface area contributed by atoms with Gasteiger partial charge in [0, 0.05) is 45.2 Å². The number of nitrogens with zero attached hydrogens (tertiary/aromatic N) is 4. The van der Waals surface area contributed by atoms with Crippen LogP contribution in [0.15, 0.2) is 18.3 Å². The zero-order valence-corrected chi connectivity index (χ0v) is 22.1. The first-order valence-corrected chi connectivity index (χ1v) is 13.3. The van der Waals surface area contributed by atoms with Gasteiger partial charge in [0.05, 0.1) is 18.4 Å². The second-order valence-electron chi connectivity index (χ2n) is 9.62. The van der Waals surface area contributed by atoms with Crippen LogP contribution in [-0.2, 0) is 14.3 Å². The second-order valence-corrected chi connectivity index (χ2v) is 10.8. The van der Waals surface area contributed by atoms with Gasteiger partial charge in [-0.1, -0.05) is 5.21 Å². The number of ether oxygens (including phenoxy) is 2. The summed E-state index contributed by atoms with van der Waals surface area (Å²) < 4.78 is 53.1. The smallest absolute Gasteiger partial charge is 0.238 e. The van der Waals surface area contributed by atoms with Gasteiger partial charge >= 0.3 is 0 Å². The molecule has 2 aliphatic rings. The molecule has 4 N–H and O–H groups in total. The maximum absolute atomic E-state index is 13.8. The Morgan fingerprint density at radius 3 is 2.46 bits per heavy atom. The average molecular weight is 577 g/mol. The van der Waals surface area contributed by atoms with E-state index in [1.54, 1.807) is 14.0 Å². The standard InChI is InChI=1S/C24H31F3N4O7S/c1-3-30(2)22(35)21(24(36)4-6-37-7-5-24)39-23-20(34)18(19(33)16(11-32)38-23)31-10-15(28-29-31)12-8-13(25)17(27)14(26)9-12/h8-10,16,18-21,23,32-34,36H,3-7,11H2,1-2H3/t16-,18+,19+,20-,21+,23+/m1/s1. The van der Waals surface area contributed by atoms with Crippen molar-refractivity contribution in [1.29, 1.82) is 0 Å². The molecule has 0 spiro atoms. The summed E-state index contributed by atoms with van der Waals surface area (Å²) in [4.78, 5) is 14.7. The number of aromatic nitrogens is 3. The number of hydrogen-bond acceptors (Lipinski definition) is 10. The van der Waals surface area contributed by atoms with Gasteiger partial charge in [-0.25, -0.2) is 17.9 Å². The molecule has 11 nitrogen and oxygen atoms in total. The molecule has 4 rings (SSSR count). The summed E-state index contributed by atoms with van der Waals surface area (Å²) in [5, 5.41) is 50.1. The van der Waals surface area contributed by atoms with E-state index in [-0.39, 0.29) is 37.3 Å². The topological polar surface area (TPSA) is 150 Å². The lowest BCUT2D eigenvalue weighted by Gasteiger charge is -2.45. The van der Waals surface area contributed by atoms with Gasteiger partial charge in [-0.15, -0.1) is 16.9 Å². The molecule has 0 bridgehead atoms. The van der Waals surface area contributed by atoms with Crippen molar-refractivity contribution in [3.63, 3.8) is 0 Å². The van der Waals surface area contributed by atoms with E-state index in [1.165, 1.54) is 11.1 Å². The van der Waals surface area contributed by atoms with Crippen molar-refractivity contribution >= 4 is 17.7 Å². The Balaban J connectivity index is 1.65. The van der Waals surface area contributed by atoms with Gasteiger partial charge in [-0.05, 0) is 19.1 Å². The van der Waals surface area contributed by atoms with Crippen molar-refractivity contribution in [3.05, 3.63) is 35.8 Å². The minimum absolute atomic E-state index is 0.0717. The minimum Gasteiger partial charge on any atom is -0.394 e. The Labute approximate surface area is 226 Å². The Morgan fingerprint density at radius 2 is 1.87 bits per heavy atom. The first kappa shape index (κ1) is 29.7. The Bertz CT molecular complexity index is 1150. The van der Waals surface area contributed by atoms with E-state index >= 15 is 0 Å². The Morgan fingerprint density at radius 1 is 1.23 bits per heavy atom. The summed E-state index contributed by atoms with van der Waals surface area (Å²) >= 11 is 0.866. The summed E-state index contributed by atoms with van der Waals surface area (Å²) in [6.45, 7) is 1.96. The largest absolute Gasteiger partial charge is 0.394 e. The molecular weight excluding hydrogens is 545 g/mol. The van der Waals surface area contributed by atoms with E-state index in [9.17, 15) is 38.4 Å². The van der Waals surface area contributed by atoms with Crippen LogP contribution in [-0.4, -0.2) is 114 Å².